The van der Waals surface area contributed by atoms with E-state index in [4.69, 9.17) is 9.15 Å². The summed E-state index contributed by atoms with van der Waals surface area (Å²) in [4.78, 5) is 27.3. The zero-order valence-electron chi connectivity index (χ0n) is 17.5. The molecule has 2 N–H and O–H groups in total. The fourth-order valence-electron chi connectivity index (χ4n) is 3.51. The van der Waals surface area contributed by atoms with Crippen LogP contribution in [0.2, 0.25) is 0 Å². The van der Waals surface area contributed by atoms with Gasteiger partial charge in [-0.3, -0.25) is 14.5 Å². The molecule has 1 aliphatic rings. The summed E-state index contributed by atoms with van der Waals surface area (Å²) in [7, 11) is 0. The third-order valence-corrected chi connectivity index (χ3v) is 5.56. The maximum atomic E-state index is 12.7. The molecule has 2 amide bonds. The molecule has 1 aromatic heterocycles. The van der Waals surface area contributed by atoms with Gasteiger partial charge in [0.2, 0.25) is 0 Å². The lowest BCUT2D eigenvalue weighted by atomic mass is 10.1. The van der Waals surface area contributed by atoms with E-state index in [9.17, 15) is 9.59 Å². The third-order valence-electron chi connectivity index (χ3n) is 5.13. The number of furan rings is 1. The van der Waals surface area contributed by atoms with Crippen LogP contribution in [0, 0.1) is 0 Å². The van der Waals surface area contributed by atoms with Gasteiger partial charge in [0.15, 0.2) is 10.4 Å². The second kappa shape index (κ2) is 10.6. The number of halogens is 1. The summed E-state index contributed by atoms with van der Waals surface area (Å²) in [5, 5.41) is 5.69. The molecule has 0 bridgehead atoms. The summed E-state index contributed by atoms with van der Waals surface area (Å²) in [6.07, 6.45) is 0. The Morgan fingerprint density at radius 3 is 2.50 bits per heavy atom. The molecule has 0 saturated carbocycles. The Hall–Kier alpha value is -2.94. The van der Waals surface area contributed by atoms with Gasteiger partial charge in [0, 0.05) is 37.4 Å². The first-order chi connectivity index (χ1) is 15.6. The highest BCUT2D eigenvalue weighted by Gasteiger charge is 2.13. The van der Waals surface area contributed by atoms with E-state index in [1.54, 1.807) is 36.4 Å². The Morgan fingerprint density at radius 2 is 1.72 bits per heavy atom. The minimum atomic E-state index is -0.384. The first-order valence-electron chi connectivity index (χ1n) is 10.4. The first-order valence-corrected chi connectivity index (χ1v) is 11.2. The molecule has 0 radical (unpaired) electrons. The Morgan fingerprint density at radius 1 is 0.938 bits per heavy atom. The average Bonchev–Trinajstić information content (AvgIpc) is 3.25. The molecule has 0 unspecified atom stereocenters. The summed E-state index contributed by atoms with van der Waals surface area (Å²) in [6, 6.07) is 18.3. The van der Waals surface area contributed by atoms with E-state index in [0.29, 0.717) is 22.5 Å². The highest BCUT2D eigenvalue weighted by molar-refractivity contribution is 9.10. The molecule has 166 valence electrons. The van der Waals surface area contributed by atoms with Crippen LogP contribution < -0.4 is 10.6 Å². The van der Waals surface area contributed by atoms with Crippen molar-refractivity contribution in [3.63, 3.8) is 0 Å². The molecule has 0 atom stereocenters. The maximum Gasteiger partial charge on any atom is 0.291 e. The largest absolute Gasteiger partial charge is 0.444 e. The van der Waals surface area contributed by atoms with Crippen molar-refractivity contribution in [3.05, 3.63) is 87.8 Å². The SMILES string of the molecule is O=C(NCc1cccc(CN2CCOCC2)c1)c1cccc(NC(=O)c2ccc(Br)o2)c1. The number of nitrogens with one attached hydrogen (secondary N) is 2. The zero-order valence-corrected chi connectivity index (χ0v) is 19.1. The van der Waals surface area contributed by atoms with Crippen molar-refractivity contribution >= 4 is 33.4 Å². The number of hydrogen-bond acceptors (Lipinski definition) is 5. The lowest BCUT2D eigenvalue weighted by Crippen LogP contribution is -2.35. The van der Waals surface area contributed by atoms with Crippen molar-refractivity contribution in [2.75, 3.05) is 31.6 Å². The van der Waals surface area contributed by atoms with Crippen LogP contribution in [-0.4, -0.2) is 43.0 Å². The highest BCUT2D eigenvalue weighted by atomic mass is 79.9. The topological polar surface area (TPSA) is 83.8 Å². The van der Waals surface area contributed by atoms with Gasteiger partial charge < -0.3 is 19.8 Å². The molecule has 4 rings (SSSR count). The van der Waals surface area contributed by atoms with Crippen molar-refractivity contribution in [3.8, 4) is 0 Å². The molecule has 7 nitrogen and oxygen atoms in total. The number of morpholine rings is 1. The van der Waals surface area contributed by atoms with Gasteiger partial charge in [-0.25, -0.2) is 0 Å². The molecular weight excluding hydrogens is 474 g/mol. The number of benzene rings is 2. The fraction of sp³-hybridized carbons (Fsp3) is 0.250. The minimum Gasteiger partial charge on any atom is -0.444 e. The van der Waals surface area contributed by atoms with Crippen LogP contribution in [0.1, 0.15) is 32.0 Å². The summed E-state index contributed by atoms with van der Waals surface area (Å²) in [5.74, 6) is -0.408. The van der Waals surface area contributed by atoms with Gasteiger partial charge in [0.25, 0.3) is 11.8 Å². The van der Waals surface area contributed by atoms with E-state index in [1.165, 1.54) is 5.56 Å². The van der Waals surface area contributed by atoms with E-state index < -0.39 is 0 Å². The van der Waals surface area contributed by atoms with Crippen molar-refractivity contribution in [1.82, 2.24) is 10.2 Å². The quantitative estimate of drug-likeness (QED) is 0.514. The second-order valence-electron chi connectivity index (χ2n) is 7.53. The summed E-state index contributed by atoms with van der Waals surface area (Å²) in [6.45, 7) is 4.71. The Kier molecular flexibility index (Phi) is 7.36. The molecule has 2 aromatic carbocycles. The second-order valence-corrected chi connectivity index (χ2v) is 8.31. The predicted octanol–water partition coefficient (Wildman–Crippen LogP) is 4.06. The van der Waals surface area contributed by atoms with Crippen LogP contribution in [0.25, 0.3) is 0 Å². The predicted molar refractivity (Wildman–Crippen MR) is 125 cm³/mol. The van der Waals surface area contributed by atoms with Crippen molar-refractivity contribution in [1.29, 1.82) is 0 Å². The Bertz CT molecular complexity index is 1090. The standard InChI is InChI=1S/C24H24BrN3O4/c25-22-8-7-21(32-22)24(30)27-20-6-2-5-19(14-20)23(29)26-15-17-3-1-4-18(13-17)16-28-9-11-31-12-10-28/h1-8,13-14H,9-12,15-16H2,(H,26,29)(H,27,30). The number of nitrogens with zero attached hydrogens (tertiary/aromatic N) is 1. The van der Waals surface area contributed by atoms with E-state index in [1.807, 2.05) is 12.1 Å². The van der Waals surface area contributed by atoms with Crippen molar-refractivity contribution < 1.29 is 18.7 Å². The number of anilines is 1. The van der Waals surface area contributed by atoms with Gasteiger partial charge in [0.05, 0.1) is 13.2 Å². The zero-order chi connectivity index (χ0) is 22.3. The monoisotopic (exact) mass is 497 g/mol. The van der Waals surface area contributed by atoms with Crippen LogP contribution in [0.5, 0.6) is 0 Å². The smallest absolute Gasteiger partial charge is 0.291 e. The van der Waals surface area contributed by atoms with Gasteiger partial charge in [-0.15, -0.1) is 0 Å². The maximum absolute atomic E-state index is 12.7. The summed E-state index contributed by atoms with van der Waals surface area (Å²) in [5.41, 5.74) is 3.24. The van der Waals surface area contributed by atoms with Gasteiger partial charge >= 0.3 is 0 Å². The molecule has 2 heterocycles. The number of hydrogen-bond donors (Lipinski definition) is 2. The van der Waals surface area contributed by atoms with E-state index >= 15 is 0 Å². The molecular formula is C24H24BrN3O4. The Labute approximate surface area is 194 Å². The van der Waals surface area contributed by atoms with Crippen LogP contribution in [0.4, 0.5) is 5.69 Å². The highest BCUT2D eigenvalue weighted by Crippen LogP contribution is 2.17. The number of ether oxygens (including phenoxy) is 1. The van der Waals surface area contributed by atoms with Gasteiger partial charge in [-0.05, 0) is 57.4 Å². The number of rotatable bonds is 7. The molecule has 32 heavy (non-hydrogen) atoms. The molecule has 1 fully saturated rings. The molecule has 3 aromatic rings. The van der Waals surface area contributed by atoms with E-state index in [0.717, 1.165) is 38.4 Å². The van der Waals surface area contributed by atoms with Crippen LogP contribution in [0.15, 0.2) is 69.8 Å². The minimum absolute atomic E-state index is 0.184. The number of carbonyl (C=O) groups is 2. The van der Waals surface area contributed by atoms with Crippen LogP contribution in [-0.2, 0) is 17.8 Å². The lowest BCUT2D eigenvalue weighted by molar-refractivity contribution is 0.0342. The molecule has 8 heteroatoms. The number of carbonyl (C=O) groups excluding carboxylic acids is 2. The molecule has 1 aliphatic heterocycles. The van der Waals surface area contributed by atoms with Gasteiger partial charge in [0.1, 0.15) is 0 Å². The normalized spacial score (nSPS) is 14.2. The fourth-order valence-corrected chi connectivity index (χ4v) is 3.81. The average molecular weight is 498 g/mol. The Balaban J connectivity index is 1.33. The lowest BCUT2D eigenvalue weighted by Gasteiger charge is -2.26. The van der Waals surface area contributed by atoms with Gasteiger partial charge in [-0.1, -0.05) is 30.3 Å². The van der Waals surface area contributed by atoms with Gasteiger partial charge in [-0.2, -0.15) is 0 Å². The molecule has 1 saturated heterocycles. The van der Waals surface area contributed by atoms with E-state index in [-0.39, 0.29) is 17.6 Å². The van der Waals surface area contributed by atoms with Crippen LogP contribution in [0.3, 0.4) is 0 Å². The van der Waals surface area contributed by atoms with E-state index in [2.05, 4.69) is 43.6 Å². The summed E-state index contributed by atoms with van der Waals surface area (Å²) < 4.78 is 11.1. The number of amides is 2. The van der Waals surface area contributed by atoms with Crippen molar-refractivity contribution in [2.24, 2.45) is 0 Å². The summed E-state index contributed by atoms with van der Waals surface area (Å²) >= 11 is 3.18. The third kappa shape index (κ3) is 6.06. The molecule has 0 aliphatic carbocycles. The van der Waals surface area contributed by atoms with Crippen LogP contribution >= 0.6 is 15.9 Å². The van der Waals surface area contributed by atoms with Crippen molar-refractivity contribution in [2.45, 2.75) is 13.1 Å². The first kappa shape index (κ1) is 22.3. The molecule has 0 spiro atoms.